The average molecular weight is 538 g/mol. The van der Waals surface area contributed by atoms with Crippen molar-refractivity contribution in [3.63, 3.8) is 0 Å². The molecule has 3 rings (SSSR count). The number of nitrogens with zero attached hydrogens (tertiary/aromatic N) is 2. The fourth-order valence-corrected chi connectivity index (χ4v) is 4.59. The van der Waals surface area contributed by atoms with E-state index in [1.165, 1.54) is 11.0 Å². The number of hydrogen-bond acceptors (Lipinski definition) is 6. The zero-order chi connectivity index (χ0) is 26.5. The lowest BCUT2D eigenvalue weighted by molar-refractivity contribution is -0.139. The Balaban J connectivity index is 1.89. The van der Waals surface area contributed by atoms with E-state index in [9.17, 15) is 18.0 Å². The van der Waals surface area contributed by atoms with Crippen LogP contribution in [0.25, 0.3) is 0 Å². The Labute approximate surface area is 217 Å². The molecule has 0 aromatic heterocycles. The van der Waals surface area contributed by atoms with Crippen molar-refractivity contribution in [2.24, 2.45) is 5.92 Å². The summed E-state index contributed by atoms with van der Waals surface area (Å²) in [4.78, 5) is 27.8. The number of carbonyl (C=O) groups excluding carboxylic acids is 2. The predicted octanol–water partition coefficient (Wildman–Crippen LogP) is 3.07. The molecule has 1 unspecified atom stereocenters. The summed E-state index contributed by atoms with van der Waals surface area (Å²) >= 11 is 5.99. The number of fused-ring (bicyclic) bond motifs is 1. The molecular weight excluding hydrogens is 506 g/mol. The van der Waals surface area contributed by atoms with Crippen LogP contribution in [-0.4, -0.2) is 63.7 Å². The topological polar surface area (TPSA) is 105 Å². The maximum absolute atomic E-state index is 13.6. The van der Waals surface area contributed by atoms with Gasteiger partial charge in [-0.05, 0) is 42.7 Å². The number of benzene rings is 2. The summed E-state index contributed by atoms with van der Waals surface area (Å²) in [6.07, 6.45) is 1.03. The van der Waals surface area contributed by atoms with E-state index in [0.717, 1.165) is 16.1 Å². The van der Waals surface area contributed by atoms with Crippen molar-refractivity contribution < 1.29 is 27.5 Å². The molecule has 1 aliphatic rings. The molecule has 0 spiro atoms. The number of anilines is 1. The fraction of sp³-hybridized carbons (Fsp3) is 0.440. The molecule has 9 nitrogen and oxygen atoms in total. The Kier molecular flexibility index (Phi) is 9.08. The van der Waals surface area contributed by atoms with Crippen LogP contribution in [0.3, 0.4) is 0 Å². The molecule has 1 aliphatic heterocycles. The fourth-order valence-electron chi connectivity index (χ4n) is 3.62. The van der Waals surface area contributed by atoms with Gasteiger partial charge < -0.3 is 19.7 Å². The van der Waals surface area contributed by atoms with E-state index in [4.69, 9.17) is 21.1 Å². The van der Waals surface area contributed by atoms with Crippen molar-refractivity contribution in [1.29, 1.82) is 0 Å². The van der Waals surface area contributed by atoms with E-state index in [-0.39, 0.29) is 24.1 Å². The zero-order valence-electron chi connectivity index (χ0n) is 20.9. The molecule has 0 bridgehead atoms. The molecule has 0 saturated carbocycles. The van der Waals surface area contributed by atoms with Gasteiger partial charge in [0.15, 0.2) is 11.5 Å². The first kappa shape index (κ1) is 27.6. The van der Waals surface area contributed by atoms with Gasteiger partial charge in [0.2, 0.25) is 21.8 Å². The largest absolute Gasteiger partial charge is 0.486 e. The van der Waals surface area contributed by atoms with Gasteiger partial charge in [-0.25, -0.2) is 8.42 Å². The third-order valence-corrected chi connectivity index (χ3v) is 7.00. The van der Waals surface area contributed by atoms with Crippen LogP contribution in [0.4, 0.5) is 5.69 Å². The van der Waals surface area contributed by atoms with E-state index in [0.29, 0.717) is 36.3 Å². The van der Waals surface area contributed by atoms with Crippen molar-refractivity contribution in [3.8, 4) is 11.5 Å². The zero-order valence-corrected chi connectivity index (χ0v) is 22.4. The maximum Gasteiger partial charge on any atom is 0.244 e. The van der Waals surface area contributed by atoms with Gasteiger partial charge in [-0.3, -0.25) is 13.9 Å². The van der Waals surface area contributed by atoms with E-state index < -0.39 is 28.5 Å². The number of ether oxygens (including phenoxy) is 2. The number of amides is 2. The number of rotatable bonds is 10. The SMILES string of the molecule is CC(C)CNC(=O)C(C)N(Cc1ccc(Cl)cc1)C(=O)CN(c1ccc2c(c1)OCCO2)S(C)(=O)=O. The summed E-state index contributed by atoms with van der Waals surface area (Å²) in [6.45, 7) is 6.37. The summed E-state index contributed by atoms with van der Waals surface area (Å²) in [5, 5.41) is 3.39. The second-order valence-electron chi connectivity index (χ2n) is 9.06. The third-order valence-electron chi connectivity index (χ3n) is 5.61. The van der Waals surface area contributed by atoms with Crippen LogP contribution in [0.2, 0.25) is 5.02 Å². The molecule has 11 heteroatoms. The normalized spacial score (nSPS) is 13.7. The first-order valence-corrected chi connectivity index (χ1v) is 13.9. The quantitative estimate of drug-likeness (QED) is 0.499. The second kappa shape index (κ2) is 11.8. The van der Waals surface area contributed by atoms with Gasteiger partial charge in [-0.15, -0.1) is 0 Å². The maximum atomic E-state index is 13.6. The Morgan fingerprint density at radius 1 is 1.03 bits per heavy atom. The van der Waals surface area contributed by atoms with E-state index in [1.807, 2.05) is 13.8 Å². The summed E-state index contributed by atoms with van der Waals surface area (Å²) in [6, 6.07) is 10.8. The Morgan fingerprint density at radius 3 is 2.28 bits per heavy atom. The highest BCUT2D eigenvalue weighted by Gasteiger charge is 2.30. The molecular formula is C25H32ClN3O6S. The highest BCUT2D eigenvalue weighted by atomic mass is 35.5. The number of sulfonamides is 1. The average Bonchev–Trinajstić information content (AvgIpc) is 2.83. The molecule has 1 atom stereocenters. The highest BCUT2D eigenvalue weighted by Crippen LogP contribution is 2.34. The highest BCUT2D eigenvalue weighted by molar-refractivity contribution is 7.92. The summed E-state index contributed by atoms with van der Waals surface area (Å²) in [5.74, 6) is 0.287. The Morgan fingerprint density at radius 2 is 1.67 bits per heavy atom. The number of nitrogens with one attached hydrogen (secondary N) is 1. The van der Waals surface area contributed by atoms with Crippen molar-refractivity contribution in [1.82, 2.24) is 10.2 Å². The minimum absolute atomic E-state index is 0.102. The van der Waals surface area contributed by atoms with Crippen LogP contribution >= 0.6 is 11.6 Å². The minimum Gasteiger partial charge on any atom is -0.486 e. The Bertz CT molecular complexity index is 1190. The smallest absolute Gasteiger partial charge is 0.244 e. The van der Waals surface area contributed by atoms with Crippen molar-refractivity contribution in [3.05, 3.63) is 53.1 Å². The van der Waals surface area contributed by atoms with Crippen molar-refractivity contribution in [2.45, 2.75) is 33.4 Å². The van der Waals surface area contributed by atoms with Crippen LogP contribution < -0.4 is 19.1 Å². The van der Waals surface area contributed by atoms with Crippen LogP contribution in [0, 0.1) is 5.92 Å². The molecule has 36 heavy (non-hydrogen) atoms. The predicted molar refractivity (Wildman–Crippen MR) is 139 cm³/mol. The molecule has 0 fully saturated rings. The Hall–Kier alpha value is -2.98. The van der Waals surface area contributed by atoms with E-state index in [1.54, 1.807) is 43.3 Å². The lowest BCUT2D eigenvalue weighted by Crippen LogP contribution is -2.51. The van der Waals surface area contributed by atoms with Gasteiger partial charge in [-0.1, -0.05) is 37.6 Å². The van der Waals surface area contributed by atoms with Gasteiger partial charge in [0.1, 0.15) is 25.8 Å². The molecule has 1 N–H and O–H groups in total. The van der Waals surface area contributed by atoms with E-state index in [2.05, 4.69) is 5.32 Å². The van der Waals surface area contributed by atoms with Gasteiger partial charge in [0, 0.05) is 24.2 Å². The van der Waals surface area contributed by atoms with Crippen LogP contribution in [-0.2, 0) is 26.2 Å². The molecule has 2 aromatic carbocycles. The number of halogens is 1. The molecule has 0 radical (unpaired) electrons. The van der Waals surface area contributed by atoms with Crippen LogP contribution in [0.5, 0.6) is 11.5 Å². The molecule has 2 aromatic rings. The van der Waals surface area contributed by atoms with Gasteiger partial charge in [-0.2, -0.15) is 0 Å². The van der Waals surface area contributed by atoms with Gasteiger partial charge in [0.25, 0.3) is 0 Å². The lowest BCUT2D eigenvalue weighted by atomic mass is 10.1. The van der Waals surface area contributed by atoms with Crippen molar-refractivity contribution >= 4 is 39.1 Å². The molecule has 0 aliphatic carbocycles. The van der Waals surface area contributed by atoms with Gasteiger partial charge in [0.05, 0.1) is 11.9 Å². The number of carbonyl (C=O) groups is 2. The summed E-state index contributed by atoms with van der Waals surface area (Å²) in [5.41, 5.74) is 1.01. The van der Waals surface area contributed by atoms with Gasteiger partial charge >= 0.3 is 0 Å². The monoisotopic (exact) mass is 537 g/mol. The molecule has 0 saturated heterocycles. The standard InChI is InChI=1S/C25H32ClN3O6S/c1-17(2)14-27-25(31)18(3)28(15-19-5-7-20(26)8-6-19)24(30)16-29(36(4,32)33)21-9-10-22-23(13-21)35-12-11-34-22/h5-10,13,17-18H,11-12,14-16H2,1-4H3,(H,27,31). The summed E-state index contributed by atoms with van der Waals surface area (Å²) < 4.78 is 37.5. The molecule has 1 heterocycles. The minimum atomic E-state index is -3.85. The van der Waals surface area contributed by atoms with Crippen molar-refractivity contribution in [2.75, 3.05) is 36.9 Å². The lowest BCUT2D eigenvalue weighted by Gasteiger charge is -2.32. The molecule has 196 valence electrons. The third kappa shape index (κ3) is 7.27. The second-order valence-corrected chi connectivity index (χ2v) is 11.4. The first-order valence-electron chi connectivity index (χ1n) is 11.6. The first-order chi connectivity index (χ1) is 17.0. The molecule has 2 amide bonds. The van der Waals surface area contributed by atoms with Crippen LogP contribution in [0.1, 0.15) is 26.3 Å². The van der Waals surface area contributed by atoms with E-state index >= 15 is 0 Å². The summed E-state index contributed by atoms with van der Waals surface area (Å²) in [7, 11) is -3.85. The van der Waals surface area contributed by atoms with Crippen LogP contribution in [0.15, 0.2) is 42.5 Å². The number of hydrogen-bond donors (Lipinski definition) is 1.